The largest absolute Gasteiger partial charge is 0.411 e. The molecular weight excluding hydrogens is 272 g/mol. The fourth-order valence-electron chi connectivity index (χ4n) is 3.42. The predicted molar refractivity (Wildman–Crippen MR) is 89.1 cm³/mol. The van der Waals surface area contributed by atoms with Gasteiger partial charge in [-0.3, -0.25) is 0 Å². The van der Waals surface area contributed by atoms with Crippen molar-refractivity contribution in [3.05, 3.63) is 71.8 Å². The van der Waals surface area contributed by atoms with Crippen molar-refractivity contribution in [1.29, 1.82) is 0 Å². The molecule has 22 heavy (non-hydrogen) atoms. The second-order valence-corrected chi connectivity index (χ2v) is 5.83. The molecule has 2 aromatic carbocycles. The number of hydrogen-bond acceptors (Lipinski definition) is 3. The number of nitrogens with one attached hydrogen (secondary N) is 1. The first-order valence-electron chi connectivity index (χ1n) is 7.90. The van der Waals surface area contributed by atoms with Gasteiger partial charge in [-0.25, -0.2) is 0 Å². The molecule has 1 aliphatic heterocycles. The molecule has 3 nitrogen and oxygen atoms in total. The van der Waals surface area contributed by atoms with Gasteiger partial charge < -0.3 is 10.5 Å². The number of hydrogen-bond donors (Lipinski definition) is 2. The minimum Gasteiger partial charge on any atom is -0.411 e. The molecule has 3 rings (SSSR count). The summed E-state index contributed by atoms with van der Waals surface area (Å²) >= 11 is 0. The van der Waals surface area contributed by atoms with Gasteiger partial charge in [-0.15, -0.1) is 0 Å². The molecular formula is C19H22N2O. The van der Waals surface area contributed by atoms with Gasteiger partial charge in [0.05, 0.1) is 5.71 Å². The molecule has 0 aliphatic carbocycles. The van der Waals surface area contributed by atoms with Crippen LogP contribution in [0.3, 0.4) is 0 Å². The second kappa shape index (κ2) is 6.75. The Morgan fingerprint density at radius 2 is 1.59 bits per heavy atom. The van der Waals surface area contributed by atoms with Crippen LogP contribution < -0.4 is 5.32 Å². The highest BCUT2D eigenvalue weighted by Gasteiger charge is 2.35. The van der Waals surface area contributed by atoms with E-state index in [4.69, 9.17) is 0 Å². The van der Waals surface area contributed by atoms with E-state index in [-0.39, 0.29) is 18.0 Å². The topological polar surface area (TPSA) is 44.6 Å². The highest BCUT2D eigenvalue weighted by molar-refractivity contribution is 5.88. The molecule has 0 bridgehead atoms. The lowest BCUT2D eigenvalue weighted by Crippen LogP contribution is -2.42. The van der Waals surface area contributed by atoms with Gasteiger partial charge in [0.25, 0.3) is 0 Å². The monoisotopic (exact) mass is 294 g/mol. The third-order valence-corrected chi connectivity index (χ3v) is 4.55. The van der Waals surface area contributed by atoms with Crippen LogP contribution in [0.2, 0.25) is 0 Å². The highest BCUT2D eigenvalue weighted by atomic mass is 16.4. The fraction of sp³-hybridized carbons (Fsp3) is 0.316. The number of benzene rings is 2. The molecule has 1 fully saturated rings. The van der Waals surface area contributed by atoms with E-state index in [1.165, 1.54) is 11.1 Å². The molecule has 0 radical (unpaired) electrons. The van der Waals surface area contributed by atoms with Crippen molar-refractivity contribution in [2.45, 2.75) is 31.8 Å². The Morgan fingerprint density at radius 3 is 2.14 bits per heavy atom. The van der Waals surface area contributed by atoms with Crippen molar-refractivity contribution >= 4 is 5.71 Å². The minimum atomic E-state index is 0.177. The molecule has 0 saturated carbocycles. The van der Waals surface area contributed by atoms with E-state index < -0.39 is 0 Å². The van der Waals surface area contributed by atoms with Crippen molar-refractivity contribution in [1.82, 2.24) is 5.32 Å². The SMILES string of the molecule is CC[C@@H]1/C(=N/O)C[C@@H](c2ccccc2)N[C@@H]1c1ccccc1. The Morgan fingerprint density at radius 1 is 1.00 bits per heavy atom. The second-order valence-electron chi connectivity index (χ2n) is 5.83. The van der Waals surface area contributed by atoms with Gasteiger partial charge >= 0.3 is 0 Å². The first kappa shape index (κ1) is 14.8. The Hall–Kier alpha value is -2.13. The Kier molecular flexibility index (Phi) is 4.54. The van der Waals surface area contributed by atoms with Gasteiger partial charge in [-0.2, -0.15) is 0 Å². The molecule has 0 spiro atoms. The molecule has 114 valence electrons. The summed E-state index contributed by atoms with van der Waals surface area (Å²) < 4.78 is 0. The average Bonchev–Trinajstić information content (AvgIpc) is 2.62. The predicted octanol–water partition coefficient (Wildman–Crippen LogP) is 4.32. The zero-order valence-corrected chi connectivity index (χ0v) is 12.8. The Balaban J connectivity index is 1.95. The first-order chi connectivity index (χ1) is 10.8. The van der Waals surface area contributed by atoms with E-state index in [2.05, 4.69) is 65.9 Å². The van der Waals surface area contributed by atoms with E-state index >= 15 is 0 Å². The van der Waals surface area contributed by atoms with E-state index in [9.17, 15) is 5.21 Å². The molecule has 3 heteroatoms. The van der Waals surface area contributed by atoms with Crippen LogP contribution in [0.15, 0.2) is 65.8 Å². The summed E-state index contributed by atoms with van der Waals surface area (Å²) in [4.78, 5) is 0. The van der Waals surface area contributed by atoms with E-state index in [1.54, 1.807) is 0 Å². The molecule has 1 heterocycles. The molecule has 1 saturated heterocycles. The summed E-state index contributed by atoms with van der Waals surface area (Å²) in [6.45, 7) is 2.15. The molecule has 2 N–H and O–H groups in total. The number of rotatable bonds is 3. The van der Waals surface area contributed by atoms with Crippen molar-refractivity contribution in [3.8, 4) is 0 Å². The van der Waals surface area contributed by atoms with Crippen LogP contribution in [0.25, 0.3) is 0 Å². The van der Waals surface area contributed by atoms with Crippen LogP contribution in [-0.4, -0.2) is 10.9 Å². The maximum absolute atomic E-state index is 9.48. The number of oxime groups is 1. The van der Waals surface area contributed by atoms with E-state index in [1.807, 2.05) is 12.1 Å². The fourth-order valence-corrected chi connectivity index (χ4v) is 3.42. The Labute approximate surface area is 131 Å². The lowest BCUT2D eigenvalue weighted by atomic mass is 9.79. The van der Waals surface area contributed by atoms with Crippen LogP contribution in [0, 0.1) is 5.92 Å². The van der Waals surface area contributed by atoms with Crippen LogP contribution in [0.5, 0.6) is 0 Å². The lowest BCUT2D eigenvalue weighted by Gasteiger charge is -2.38. The quantitative estimate of drug-likeness (QED) is 0.654. The molecule has 1 aliphatic rings. The van der Waals surface area contributed by atoms with E-state index in [0.717, 1.165) is 18.6 Å². The van der Waals surface area contributed by atoms with Gasteiger partial charge in [-0.1, -0.05) is 72.7 Å². The number of piperidine rings is 1. The van der Waals surface area contributed by atoms with Gasteiger partial charge in [0.1, 0.15) is 0 Å². The van der Waals surface area contributed by atoms with E-state index in [0.29, 0.717) is 0 Å². The summed E-state index contributed by atoms with van der Waals surface area (Å²) in [6, 6.07) is 21.2. The summed E-state index contributed by atoms with van der Waals surface area (Å²) in [5, 5.41) is 16.9. The molecule has 0 unspecified atom stereocenters. The highest BCUT2D eigenvalue weighted by Crippen LogP contribution is 2.36. The minimum absolute atomic E-state index is 0.177. The third kappa shape index (κ3) is 2.90. The Bertz CT molecular complexity index is 624. The van der Waals surface area contributed by atoms with Gasteiger partial charge in [-0.05, 0) is 17.5 Å². The van der Waals surface area contributed by atoms with Gasteiger partial charge in [0.2, 0.25) is 0 Å². The standard InChI is InChI=1S/C19H22N2O/c1-2-16-18(21-22)13-17(14-9-5-3-6-10-14)20-19(16)15-11-7-4-8-12-15/h3-12,16-17,19-20,22H,2,13H2,1H3/b21-18+/t16-,17+,19-/m1/s1. The molecule has 3 atom stereocenters. The maximum atomic E-state index is 9.48. The zero-order chi connectivity index (χ0) is 15.4. The van der Waals surface area contributed by atoms with Crippen LogP contribution in [-0.2, 0) is 0 Å². The summed E-state index contributed by atoms with van der Waals surface area (Å²) in [5.41, 5.74) is 3.37. The van der Waals surface area contributed by atoms with Crippen LogP contribution in [0.1, 0.15) is 43.0 Å². The van der Waals surface area contributed by atoms with Crippen LogP contribution >= 0.6 is 0 Å². The van der Waals surface area contributed by atoms with Gasteiger partial charge in [0, 0.05) is 24.4 Å². The molecule has 0 amide bonds. The van der Waals surface area contributed by atoms with Gasteiger partial charge in [0.15, 0.2) is 0 Å². The number of nitrogens with zero attached hydrogens (tertiary/aromatic N) is 1. The van der Waals surface area contributed by atoms with Crippen molar-refractivity contribution in [2.24, 2.45) is 11.1 Å². The van der Waals surface area contributed by atoms with Crippen molar-refractivity contribution in [3.63, 3.8) is 0 Å². The summed E-state index contributed by atoms with van der Waals surface area (Å²) in [6.07, 6.45) is 1.70. The van der Waals surface area contributed by atoms with Crippen molar-refractivity contribution < 1.29 is 5.21 Å². The maximum Gasteiger partial charge on any atom is 0.0639 e. The zero-order valence-electron chi connectivity index (χ0n) is 12.8. The van der Waals surface area contributed by atoms with Crippen molar-refractivity contribution in [2.75, 3.05) is 0 Å². The van der Waals surface area contributed by atoms with Crippen LogP contribution in [0.4, 0.5) is 0 Å². The summed E-state index contributed by atoms with van der Waals surface area (Å²) in [7, 11) is 0. The third-order valence-electron chi connectivity index (χ3n) is 4.55. The summed E-state index contributed by atoms with van der Waals surface area (Å²) in [5.74, 6) is 0.229. The average molecular weight is 294 g/mol. The molecule has 0 aromatic heterocycles. The first-order valence-corrected chi connectivity index (χ1v) is 7.90. The normalized spacial score (nSPS) is 27.0. The lowest BCUT2D eigenvalue weighted by molar-refractivity contribution is 0.287. The molecule has 2 aromatic rings. The smallest absolute Gasteiger partial charge is 0.0639 e.